The molecule has 0 amide bonds. The molecule has 15 heavy (non-hydrogen) atoms. The lowest BCUT2D eigenvalue weighted by Crippen LogP contribution is -2.34. The molecule has 0 saturated carbocycles. The minimum atomic E-state index is -1.31. The van der Waals surface area contributed by atoms with E-state index in [1.54, 1.807) is 31.2 Å². The number of carbonyl (C=O) groups excluding carboxylic acids is 1. The molecule has 3 N–H and O–H groups in total. The number of benzene rings is 1. The van der Waals surface area contributed by atoms with Crippen LogP contribution in [0.15, 0.2) is 30.3 Å². The zero-order chi connectivity index (χ0) is 11.3. The molecule has 82 valence electrons. The number of carbonyl (C=O) groups is 1. The Morgan fingerprint density at radius 1 is 1.47 bits per heavy atom. The van der Waals surface area contributed by atoms with Crippen molar-refractivity contribution in [3.05, 3.63) is 35.9 Å². The lowest BCUT2D eigenvalue weighted by Gasteiger charge is -2.17. The molecule has 0 aliphatic rings. The summed E-state index contributed by atoms with van der Waals surface area (Å²) >= 11 is 0. The molecule has 0 unspecified atom stereocenters. The van der Waals surface area contributed by atoms with Gasteiger partial charge in [0.2, 0.25) is 0 Å². The van der Waals surface area contributed by atoms with E-state index in [-0.39, 0.29) is 6.61 Å². The van der Waals surface area contributed by atoms with Crippen LogP contribution in [0.3, 0.4) is 0 Å². The number of ether oxygens (including phenoxy) is 1. The highest BCUT2D eigenvalue weighted by atomic mass is 16.5. The Morgan fingerprint density at radius 3 is 2.60 bits per heavy atom. The lowest BCUT2D eigenvalue weighted by molar-refractivity contribution is -0.154. The first-order valence-electron chi connectivity index (χ1n) is 4.82. The van der Waals surface area contributed by atoms with Crippen LogP contribution in [0.25, 0.3) is 0 Å². The van der Waals surface area contributed by atoms with Crippen molar-refractivity contribution in [3.8, 4) is 0 Å². The van der Waals surface area contributed by atoms with Gasteiger partial charge in [-0.3, -0.25) is 0 Å². The Morgan fingerprint density at radius 2 is 2.07 bits per heavy atom. The Labute approximate surface area is 88.7 Å². The summed E-state index contributed by atoms with van der Waals surface area (Å²) in [6.45, 7) is 1.91. The highest BCUT2D eigenvalue weighted by Crippen LogP contribution is 2.14. The normalized spacial score (nSPS) is 14.3. The Balaban J connectivity index is 2.68. The van der Waals surface area contributed by atoms with Crippen molar-refractivity contribution >= 4 is 5.97 Å². The largest absolute Gasteiger partial charge is 0.464 e. The van der Waals surface area contributed by atoms with Gasteiger partial charge in [0.05, 0.1) is 12.6 Å². The van der Waals surface area contributed by atoms with Gasteiger partial charge in [-0.25, -0.2) is 4.79 Å². The van der Waals surface area contributed by atoms with Gasteiger partial charge in [-0.15, -0.1) is 0 Å². The number of rotatable bonds is 4. The second-order valence-corrected chi connectivity index (χ2v) is 3.13. The van der Waals surface area contributed by atoms with E-state index >= 15 is 0 Å². The topological polar surface area (TPSA) is 72.5 Å². The zero-order valence-corrected chi connectivity index (χ0v) is 8.59. The Hall–Kier alpha value is -1.39. The van der Waals surface area contributed by atoms with Gasteiger partial charge in [0.1, 0.15) is 0 Å². The SMILES string of the molecule is CCOC(=O)[C@@H](O)[C@H](N)c1ccccc1. The van der Waals surface area contributed by atoms with Crippen molar-refractivity contribution in [1.82, 2.24) is 0 Å². The average molecular weight is 209 g/mol. The van der Waals surface area contributed by atoms with Crippen molar-refractivity contribution in [2.75, 3.05) is 6.61 Å². The number of hydrogen-bond donors (Lipinski definition) is 2. The molecule has 0 bridgehead atoms. The fourth-order valence-corrected chi connectivity index (χ4v) is 1.23. The molecule has 4 heteroatoms. The molecular weight excluding hydrogens is 194 g/mol. The summed E-state index contributed by atoms with van der Waals surface area (Å²) < 4.78 is 4.68. The first-order valence-corrected chi connectivity index (χ1v) is 4.82. The minimum Gasteiger partial charge on any atom is -0.464 e. The Bertz CT molecular complexity index is 313. The fraction of sp³-hybridized carbons (Fsp3) is 0.364. The van der Waals surface area contributed by atoms with E-state index in [0.717, 1.165) is 0 Å². The molecule has 1 aromatic rings. The van der Waals surface area contributed by atoms with Crippen LogP contribution in [-0.2, 0) is 9.53 Å². The molecule has 0 spiro atoms. The summed E-state index contributed by atoms with van der Waals surface area (Å²) in [6, 6.07) is 8.21. The van der Waals surface area contributed by atoms with Crippen LogP contribution in [0.4, 0.5) is 0 Å². The average Bonchev–Trinajstić information content (AvgIpc) is 2.28. The molecule has 4 nitrogen and oxygen atoms in total. The van der Waals surface area contributed by atoms with Crippen LogP contribution in [-0.4, -0.2) is 23.8 Å². The smallest absolute Gasteiger partial charge is 0.336 e. The van der Waals surface area contributed by atoms with Gasteiger partial charge in [-0.05, 0) is 12.5 Å². The predicted molar refractivity (Wildman–Crippen MR) is 56.0 cm³/mol. The monoisotopic (exact) mass is 209 g/mol. The number of aliphatic hydroxyl groups is 1. The minimum absolute atomic E-state index is 0.234. The molecule has 1 rings (SSSR count). The number of esters is 1. The number of nitrogens with two attached hydrogens (primary N) is 1. The summed E-state index contributed by atoms with van der Waals surface area (Å²) in [5.74, 6) is -0.686. The van der Waals surface area contributed by atoms with Gasteiger partial charge in [-0.2, -0.15) is 0 Å². The quantitative estimate of drug-likeness (QED) is 0.713. The standard InChI is InChI=1S/C11H15NO3/c1-2-15-11(14)10(13)9(12)8-6-4-3-5-7-8/h3-7,9-10,13H,2,12H2,1H3/t9-,10+/m1/s1. The van der Waals surface area contributed by atoms with Gasteiger partial charge in [0.25, 0.3) is 0 Å². The van der Waals surface area contributed by atoms with Gasteiger partial charge in [0, 0.05) is 0 Å². The third-order valence-electron chi connectivity index (χ3n) is 2.05. The van der Waals surface area contributed by atoms with Crippen molar-refractivity contribution < 1.29 is 14.6 Å². The van der Waals surface area contributed by atoms with E-state index in [2.05, 4.69) is 4.74 Å². The third-order valence-corrected chi connectivity index (χ3v) is 2.05. The molecule has 0 heterocycles. The molecule has 0 radical (unpaired) electrons. The van der Waals surface area contributed by atoms with E-state index in [0.29, 0.717) is 5.56 Å². The van der Waals surface area contributed by atoms with Crippen molar-refractivity contribution in [2.45, 2.75) is 19.1 Å². The number of aliphatic hydroxyl groups excluding tert-OH is 1. The number of hydrogen-bond acceptors (Lipinski definition) is 4. The van der Waals surface area contributed by atoms with Crippen LogP contribution < -0.4 is 5.73 Å². The molecule has 1 aromatic carbocycles. The van der Waals surface area contributed by atoms with Crippen LogP contribution in [0.1, 0.15) is 18.5 Å². The maximum absolute atomic E-state index is 11.2. The fourth-order valence-electron chi connectivity index (χ4n) is 1.23. The summed E-state index contributed by atoms with van der Waals surface area (Å²) in [6.07, 6.45) is -1.31. The third kappa shape index (κ3) is 3.04. The molecule has 0 aromatic heterocycles. The van der Waals surface area contributed by atoms with E-state index < -0.39 is 18.1 Å². The van der Waals surface area contributed by atoms with Crippen LogP contribution in [0.5, 0.6) is 0 Å². The van der Waals surface area contributed by atoms with E-state index in [1.807, 2.05) is 6.07 Å². The summed E-state index contributed by atoms with van der Waals surface area (Å²) in [5, 5.41) is 9.57. The first kappa shape index (κ1) is 11.7. The summed E-state index contributed by atoms with van der Waals surface area (Å²) in [4.78, 5) is 11.2. The van der Waals surface area contributed by atoms with Crippen LogP contribution in [0.2, 0.25) is 0 Å². The Kier molecular flexibility index (Phi) is 4.27. The van der Waals surface area contributed by atoms with E-state index in [9.17, 15) is 9.90 Å². The molecule has 2 atom stereocenters. The van der Waals surface area contributed by atoms with Gasteiger partial charge in [0.15, 0.2) is 6.10 Å². The molecule has 0 fully saturated rings. The molecule has 0 saturated heterocycles. The summed E-state index contributed by atoms with van der Waals surface area (Å²) in [5.41, 5.74) is 6.43. The second kappa shape index (κ2) is 5.48. The van der Waals surface area contributed by atoms with Gasteiger partial charge in [-0.1, -0.05) is 30.3 Å². The molecule has 0 aliphatic carbocycles. The van der Waals surface area contributed by atoms with E-state index in [4.69, 9.17) is 5.73 Å². The molecular formula is C11H15NO3. The maximum atomic E-state index is 11.2. The van der Waals surface area contributed by atoms with Crippen molar-refractivity contribution in [3.63, 3.8) is 0 Å². The van der Waals surface area contributed by atoms with Gasteiger partial charge < -0.3 is 15.6 Å². The summed E-state index contributed by atoms with van der Waals surface area (Å²) in [7, 11) is 0. The molecule has 0 aliphatic heterocycles. The maximum Gasteiger partial charge on any atom is 0.336 e. The van der Waals surface area contributed by atoms with Crippen molar-refractivity contribution in [2.24, 2.45) is 5.73 Å². The van der Waals surface area contributed by atoms with Crippen LogP contribution >= 0.6 is 0 Å². The first-order chi connectivity index (χ1) is 7.16. The highest BCUT2D eigenvalue weighted by molar-refractivity contribution is 5.75. The van der Waals surface area contributed by atoms with Crippen molar-refractivity contribution in [1.29, 1.82) is 0 Å². The predicted octanol–water partition coefficient (Wildman–Crippen LogP) is 0.610. The zero-order valence-electron chi connectivity index (χ0n) is 8.59. The van der Waals surface area contributed by atoms with Gasteiger partial charge >= 0.3 is 5.97 Å². The second-order valence-electron chi connectivity index (χ2n) is 3.13. The highest BCUT2D eigenvalue weighted by Gasteiger charge is 2.25. The lowest BCUT2D eigenvalue weighted by atomic mass is 10.0. The van der Waals surface area contributed by atoms with E-state index in [1.165, 1.54) is 0 Å². The van der Waals surface area contributed by atoms with Crippen LogP contribution in [0, 0.1) is 0 Å².